The van der Waals surface area contributed by atoms with Crippen LogP contribution >= 0.6 is 0 Å². The molecular weight excluding hydrogens is 467 g/mol. The molecule has 0 saturated heterocycles. The Kier molecular flexibility index (Phi) is 4.90. The van der Waals surface area contributed by atoms with E-state index in [1.54, 1.807) is 18.3 Å². The molecular formula is C28H21FN8. The number of aromatic amines is 2. The lowest BCUT2D eigenvalue weighted by molar-refractivity contribution is 0.348. The summed E-state index contributed by atoms with van der Waals surface area (Å²) in [5, 5.41) is 12.6. The molecule has 2 atom stereocenters. The lowest BCUT2D eigenvalue weighted by atomic mass is 9.75. The Bertz CT molecular complexity index is 1650. The summed E-state index contributed by atoms with van der Waals surface area (Å²) in [5.41, 5.74) is 4.97. The summed E-state index contributed by atoms with van der Waals surface area (Å²) < 4.78 is 13.5. The Morgan fingerprint density at radius 2 is 1.68 bits per heavy atom. The fourth-order valence-electron chi connectivity index (χ4n) is 5.34. The average molecular weight is 489 g/mol. The zero-order valence-electron chi connectivity index (χ0n) is 19.6. The second kappa shape index (κ2) is 8.42. The lowest BCUT2D eigenvalue weighted by Crippen LogP contribution is -2.51. The summed E-state index contributed by atoms with van der Waals surface area (Å²) in [6.07, 6.45) is 9.48. The third kappa shape index (κ3) is 3.43. The third-order valence-electron chi connectivity index (χ3n) is 7.01. The summed E-state index contributed by atoms with van der Waals surface area (Å²) in [6.45, 7) is 0. The maximum Gasteiger partial charge on any atom is 0.181 e. The van der Waals surface area contributed by atoms with E-state index in [1.807, 2.05) is 36.8 Å². The van der Waals surface area contributed by atoms with Gasteiger partial charge in [0.05, 0.1) is 6.04 Å². The van der Waals surface area contributed by atoms with Crippen LogP contribution in [0.25, 0.3) is 22.3 Å². The first-order valence-corrected chi connectivity index (χ1v) is 11.9. The number of halogens is 1. The molecule has 0 saturated carbocycles. The van der Waals surface area contributed by atoms with Crippen LogP contribution in [-0.2, 0) is 12.0 Å². The van der Waals surface area contributed by atoms with Crippen LogP contribution in [0.2, 0.25) is 0 Å². The molecule has 0 amide bonds. The first kappa shape index (κ1) is 21.5. The van der Waals surface area contributed by atoms with Gasteiger partial charge in [0.2, 0.25) is 0 Å². The predicted octanol–water partition coefficient (Wildman–Crippen LogP) is 4.46. The molecule has 0 radical (unpaired) electrons. The van der Waals surface area contributed by atoms with Crippen LogP contribution in [0.15, 0.2) is 91.8 Å². The average Bonchev–Trinajstić information content (AvgIpc) is 3.60. The van der Waals surface area contributed by atoms with Gasteiger partial charge in [-0.05, 0) is 48.4 Å². The van der Waals surface area contributed by atoms with Crippen molar-refractivity contribution in [3.8, 4) is 11.4 Å². The van der Waals surface area contributed by atoms with Gasteiger partial charge in [-0.2, -0.15) is 5.10 Å². The lowest BCUT2D eigenvalue weighted by Gasteiger charge is -2.42. The fraction of sp³-hybridized carbons (Fsp3) is 0.107. The summed E-state index contributed by atoms with van der Waals surface area (Å²) in [6, 6.07) is 18.2. The molecule has 2 unspecified atom stereocenters. The molecule has 37 heavy (non-hydrogen) atoms. The van der Waals surface area contributed by atoms with Crippen LogP contribution in [-0.4, -0.2) is 35.1 Å². The van der Waals surface area contributed by atoms with Gasteiger partial charge >= 0.3 is 0 Å². The number of nitrogens with one attached hydrogen (secondary N) is 3. The highest BCUT2D eigenvalue weighted by Gasteiger charge is 2.46. The van der Waals surface area contributed by atoms with Crippen molar-refractivity contribution in [2.75, 3.05) is 0 Å². The van der Waals surface area contributed by atoms with Gasteiger partial charge in [-0.1, -0.05) is 24.3 Å². The van der Waals surface area contributed by atoms with Crippen LogP contribution in [0, 0.1) is 5.82 Å². The molecule has 180 valence electrons. The molecule has 5 heterocycles. The van der Waals surface area contributed by atoms with Crippen molar-refractivity contribution in [1.29, 1.82) is 0 Å². The van der Waals surface area contributed by atoms with Crippen molar-refractivity contribution in [3.63, 3.8) is 0 Å². The second-order valence-corrected chi connectivity index (χ2v) is 9.10. The number of nitrogens with zero attached hydrogens (tertiary/aromatic N) is 5. The molecule has 7 rings (SSSR count). The quantitative estimate of drug-likeness (QED) is 0.338. The highest BCUT2D eigenvalue weighted by molar-refractivity contribution is 5.86. The normalized spacial score (nSPS) is 19.1. The van der Waals surface area contributed by atoms with E-state index in [4.69, 9.17) is 4.98 Å². The SMILES string of the molecule is Fc1ccc(-c2n[nH]c(C3Cc4c([nH]c5ccccc45)C(c4cccnc4)(c4cncnc4)N3)n2)cc1. The molecule has 1 aliphatic rings. The number of para-hydroxylation sites is 1. The number of benzene rings is 2. The van der Waals surface area contributed by atoms with Crippen LogP contribution in [0.4, 0.5) is 4.39 Å². The summed E-state index contributed by atoms with van der Waals surface area (Å²) in [7, 11) is 0. The van der Waals surface area contributed by atoms with E-state index < -0.39 is 5.54 Å². The molecule has 4 aromatic heterocycles. The fourth-order valence-corrected chi connectivity index (χ4v) is 5.34. The van der Waals surface area contributed by atoms with E-state index in [1.165, 1.54) is 24.0 Å². The Morgan fingerprint density at radius 1 is 0.865 bits per heavy atom. The van der Waals surface area contributed by atoms with Gasteiger partial charge in [0.1, 0.15) is 23.5 Å². The van der Waals surface area contributed by atoms with E-state index >= 15 is 0 Å². The van der Waals surface area contributed by atoms with E-state index in [0.717, 1.165) is 33.3 Å². The number of hydrogen-bond acceptors (Lipinski definition) is 6. The zero-order valence-corrected chi connectivity index (χ0v) is 19.6. The Labute approximate surface area is 211 Å². The second-order valence-electron chi connectivity index (χ2n) is 9.10. The van der Waals surface area contributed by atoms with Crippen LogP contribution in [0.3, 0.4) is 0 Å². The number of rotatable bonds is 4. The highest BCUT2D eigenvalue weighted by atomic mass is 19.1. The number of fused-ring (bicyclic) bond motifs is 3. The minimum atomic E-state index is -0.824. The van der Waals surface area contributed by atoms with Crippen LogP contribution < -0.4 is 5.32 Å². The van der Waals surface area contributed by atoms with E-state index in [0.29, 0.717) is 18.1 Å². The summed E-state index contributed by atoms with van der Waals surface area (Å²) in [4.78, 5) is 21.7. The molecule has 1 aliphatic heterocycles. The van der Waals surface area contributed by atoms with E-state index in [9.17, 15) is 4.39 Å². The zero-order chi connectivity index (χ0) is 24.8. The van der Waals surface area contributed by atoms with Gasteiger partial charge in [-0.15, -0.1) is 0 Å². The Hall–Kier alpha value is -4.76. The number of aromatic nitrogens is 7. The molecule has 6 aromatic rings. The van der Waals surface area contributed by atoms with Crippen molar-refractivity contribution in [1.82, 2.24) is 40.4 Å². The topological polar surface area (TPSA) is 108 Å². The van der Waals surface area contributed by atoms with E-state index in [-0.39, 0.29) is 11.9 Å². The largest absolute Gasteiger partial charge is 0.356 e. The summed E-state index contributed by atoms with van der Waals surface area (Å²) in [5.74, 6) is 0.892. The molecule has 0 spiro atoms. The first-order valence-electron chi connectivity index (χ1n) is 11.9. The highest BCUT2D eigenvalue weighted by Crippen LogP contribution is 2.46. The molecule has 0 bridgehead atoms. The number of pyridine rings is 1. The van der Waals surface area contributed by atoms with Gasteiger partial charge < -0.3 is 4.98 Å². The minimum Gasteiger partial charge on any atom is -0.356 e. The van der Waals surface area contributed by atoms with Crippen LogP contribution in [0.1, 0.15) is 34.3 Å². The number of H-pyrrole nitrogens is 2. The predicted molar refractivity (Wildman–Crippen MR) is 136 cm³/mol. The Balaban J connectivity index is 1.44. The van der Waals surface area contributed by atoms with Gasteiger partial charge in [0, 0.05) is 58.1 Å². The molecule has 8 nitrogen and oxygen atoms in total. The van der Waals surface area contributed by atoms with Gasteiger partial charge in [0.25, 0.3) is 0 Å². The molecule has 3 N–H and O–H groups in total. The van der Waals surface area contributed by atoms with Crippen molar-refractivity contribution in [2.24, 2.45) is 0 Å². The van der Waals surface area contributed by atoms with Crippen molar-refractivity contribution >= 4 is 10.9 Å². The minimum absolute atomic E-state index is 0.228. The Morgan fingerprint density at radius 3 is 2.49 bits per heavy atom. The molecule has 0 aliphatic carbocycles. The van der Waals surface area contributed by atoms with Gasteiger partial charge in [-0.25, -0.2) is 19.3 Å². The van der Waals surface area contributed by atoms with Crippen molar-refractivity contribution < 1.29 is 4.39 Å². The maximum atomic E-state index is 13.5. The van der Waals surface area contributed by atoms with E-state index in [2.05, 4.69) is 53.6 Å². The van der Waals surface area contributed by atoms with Crippen LogP contribution in [0.5, 0.6) is 0 Å². The smallest absolute Gasteiger partial charge is 0.181 e. The third-order valence-corrected chi connectivity index (χ3v) is 7.01. The standard InChI is InChI=1S/C28H21FN8/c29-20-9-7-17(8-10-20)26-34-27(37-36-26)24-12-22-21-5-1-2-6-23(21)33-25(22)28(35-24,18-4-3-11-30-13-18)19-14-31-16-32-15-19/h1-11,13-16,24,33,35H,12H2,(H,34,36,37). The first-order chi connectivity index (χ1) is 18.2. The molecule has 0 fully saturated rings. The van der Waals surface area contributed by atoms with Crippen molar-refractivity contribution in [2.45, 2.75) is 18.0 Å². The summed E-state index contributed by atoms with van der Waals surface area (Å²) >= 11 is 0. The number of hydrogen-bond donors (Lipinski definition) is 3. The molecule has 2 aromatic carbocycles. The van der Waals surface area contributed by atoms with Gasteiger partial charge in [0.15, 0.2) is 5.82 Å². The van der Waals surface area contributed by atoms with Gasteiger partial charge in [-0.3, -0.25) is 15.4 Å². The molecule has 9 heteroatoms. The monoisotopic (exact) mass is 488 g/mol. The van der Waals surface area contributed by atoms with Crippen molar-refractivity contribution in [3.05, 3.63) is 126 Å². The maximum absolute atomic E-state index is 13.5.